The lowest BCUT2D eigenvalue weighted by Crippen LogP contribution is -2.50. The summed E-state index contributed by atoms with van der Waals surface area (Å²) in [7, 11) is -1.41. The molecule has 1 aromatic rings. The molecule has 2 heterocycles. The Balaban J connectivity index is 1.45. The largest absolute Gasteiger partial charge is 0.375 e. The highest BCUT2D eigenvalue weighted by Crippen LogP contribution is 2.42. The van der Waals surface area contributed by atoms with Crippen LogP contribution in [0.2, 0.25) is 0 Å². The van der Waals surface area contributed by atoms with Gasteiger partial charge in [-0.2, -0.15) is 4.31 Å². The van der Waals surface area contributed by atoms with Crippen molar-refractivity contribution in [1.82, 2.24) is 14.5 Å². The van der Waals surface area contributed by atoms with E-state index in [1.807, 2.05) is 25.2 Å². The van der Waals surface area contributed by atoms with Crippen molar-refractivity contribution >= 4 is 10.0 Å². The molecule has 4 rings (SSSR count). The smallest absolute Gasteiger partial charge is 0.243 e. The maximum atomic E-state index is 13.2. The lowest BCUT2D eigenvalue weighted by molar-refractivity contribution is -0.135. The third-order valence-corrected chi connectivity index (χ3v) is 8.39. The molecule has 150 valence electrons. The van der Waals surface area contributed by atoms with Crippen LogP contribution >= 0.6 is 0 Å². The highest BCUT2D eigenvalue weighted by Gasteiger charge is 2.42. The van der Waals surface area contributed by atoms with Gasteiger partial charge in [0.1, 0.15) is 0 Å². The molecular formula is C20H31N3O3S. The molecule has 1 N–H and O–H groups in total. The van der Waals surface area contributed by atoms with Gasteiger partial charge in [0.05, 0.1) is 10.5 Å². The molecule has 0 bridgehead atoms. The third-order valence-electron chi connectivity index (χ3n) is 6.39. The lowest BCUT2D eigenvalue weighted by atomic mass is 9.74. The number of ether oxygens (including phenoxy) is 1. The van der Waals surface area contributed by atoms with Crippen LogP contribution in [-0.4, -0.2) is 69.1 Å². The summed E-state index contributed by atoms with van der Waals surface area (Å²) >= 11 is 0. The van der Waals surface area contributed by atoms with Gasteiger partial charge < -0.3 is 15.0 Å². The van der Waals surface area contributed by atoms with Crippen molar-refractivity contribution in [2.75, 3.05) is 39.8 Å². The van der Waals surface area contributed by atoms with E-state index in [1.54, 1.807) is 10.4 Å². The molecule has 0 aromatic heterocycles. The summed E-state index contributed by atoms with van der Waals surface area (Å²) in [6.07, 6.45) is 5.63. The number of piperazine rings is 1. The van der Waals surface area contributed by atoms with Gasteiger partial charge in [-0.25, -0.2) is 8.42 Å². The van der Waals surface area contributed by atoms with E-state index in [4.69, 9.17) is 4.74 Å². The van der Waals surface area contributed by atoms with Gasteiger partial charge in [-0.3, -0.25) is 0 Å². The first kappa shape index (κ1) is 19.3. The fraction of sp³-hybridized carbons (Fsp3) is 0.700. The number of benzene rings is 1. The van der Waals surface area contributed by atoms with Gasteiger partial charge in [0.25, 0.3) is 0 Å². The molecule has 1 spiro atoms. The van der Waals surface area contributed by atoms with Crippen molar-refractivity contribution in [1.29, 1.82) is 0 Å². The lowest BCUT2D eigenvalue weighted by Gasteiger charge is -2.47. The summed E-state index contributed by atoms with van der Waals surface area (Å²) < 4.78 is 34.0. The van der Waals surface area contributed by atoms with Crippen LogP contribution in [0, 0.1) is 0 Å². The molecule has 0 amide bonds. The topological polar surface area (TPSA) is 61.9 Å². The summed E-state index contributed by atoms with van der Waals surface area (Å²) in [5, 5.41) is 3.61. The average Bonchev–Trinajstić information content (AvgIpc) is 2.66. The van der Waals surface area contributed by atoms with Crippen molar-refractivity contribution in [2.24, 2.45) is 0 Å². The van der Waals surface area contributed by atoms with E-state index in [2.05, 4.69) is 10.2 Å². The Morgan fingerprint density at radius 2 is 1.93 bits per heavy atom. The van der Waals surface area contributed by atoms with Crippen LogP contribution in [-0.2, 0) is 21.3 Å². The van der Waals surface area contributed by atoms with Crippen LogP contribution in [0.5, 0.6) is 0 Å². The van der Waals surface area contributed by atoms with E-state index in [1.165, 1.54) is 19.3 Å². The zero-order valence-corrected chi connectivity index (χ0v) is 17.0. The van der Waals surface area contributed by atoms with Gasteiger partial charge in [0.2, 0.25) is 10.0 Å². The van der Waals surface area contributed by atoms with Gasteiger partial charge >= 0.3 is 0 Å². The highest BCUT2D eigenvalue weighted by molar-refractivity contribution is 7.89. The van der Waals surface area contributed by atoms with Crippen LogP contribution in [0.15, 0.2) is 29.2 Å². The molecule has 1 unspecified atom stereocenters. The summed E-state index contributed by atoms with van der Waals surface area (Å²) in [6.45, 7) is 4.07. The van der Waals surface area contributed by atoms with Gasteiger partial charge in [-0.15, -0.1) is 0 Å². The predicted octanol–water partition coefficient (Wildman–Crippen LogP) is 1.81. The van der Waals surface area contributed by atoms with Crippen LogP contribution < -0.4 is 5.32 Å². The van der Waals surface area contributed by atoms with Gasteiger partial charge in [-0.1, -0.05) is 18.2 Å². The molecule has 27 heavy (non-hydrogen) atoms. The van der Waals surface area contributed by atoms with Crippen molar-refractivity contribution < 1.29 is 13.2 Å². The molecule has 7 heteroatoms. The molecule has 1 aliphatic carbocycles. The Kier molecular flexibility index (Phi) is 5.58. The third kappa shape index (κ3) is 4.07. The van der Waals surface area contributed by atoms with E-state index in [0.29, 0.717) is 30.6 Å². The Bertz CT molecular complexity index is 755. The number of sulfonamides is 1. The summed E-state index contributed by atoms with van der Waals surface area (Å²) in [5.41, 5.74) is 0.965. The molecule has 1 aromatic carbocycles. The number of nitrogens with one attached hydrogen (secondary N) is 1. The maximum absolute atomic E-state index is 13.2. The quantitative estimate of drug-likeness (QED) is 0.827. The van der Waals surface area contributed by atoms with Gasteiger partial charge in [-0.05, 0) is 50.8 Å². The first-order valence-corrected chi connectivity index (χ1v) is 11.6. The van der Waals surface area contributed by atoms with Crippen LogP contribution in [0.1, 0.15) is 37.7 Å². The first-order chi connectivity index (χ1) is 13.0. The predicted molar refractivity (Wildman–Crippen MR) is 105 cm³/mol. The number of likely N-dealkylation sites (N-methyl/N-ethyl adjacent to an activating group) is 1. The molecular weight excluding hydrogens is 362 g/mol. The Labute approximate surface area is 162 Å². The van der Waals surface area contributed by atoms with Crippen LogP contribution in [0.25, 0.3) is 0 Å². The number of hydrogen-bond acceptors (Lipinski definition) is 5. The maximum Gasteiger partial charge on any atom is 0.243 e. The molecule has 2 saturated heterocycles. The molecule has 1 saturated carbocycles. The van der Waals surface area contributed by atoms with Crippen molar-refractivity contribution in [3.8, 4) is 0 Å². The number of nitrogens with zero attached hydrogens (tertiary/aromatic N) is 2. The normalized spacial score (nSPS) is 26.8. The van der Waals surface area contributed by atoms with E-state index in [0.717, 1.165) is 38.1 Å². The van der Waals surface area contributed by atoms with Crippen LogP contribution in [0.3, 0.4) is 0 Å². The van der Waals surface area contributed by atoms with E-state index in [9.17, 15) is 8.42 Å². The average molecular weight is 394 g/mol. The van der Waals surface area contributed by atoms with Gasteiger partial charge in [0.15, 0.2) is 0 Å². The van der Waals surface area contributed by atoms with Crippen molar-refractivity contribution in [3.05, 3.63) is 29.8 Å². The second kappa shape index (κ2) is 7.79. The molecule has 2 aliphatic heterocycles. The monoisotopic (exact) mass is 393 g/mol. The highest BCUT2D eigenvalue weighted by atomic mass is 32.2. The zero-order chi connectivity index (χ0) is 18.9. The minimum absolute atomic E-state index is 0.0986. The SMILES string of the molecule is CN1CCN(S(=O)(=O)c2ccccc2CNC2CCOC3(CCC3)C2)CC1. The number of rotatable bonds is 5. The summed E-state index contributed by atoms with van der Waals surface area (Å²) in [4.78, 5) is 2.62. The van der Waals surface area contributed by atoms with Crippen molar-refractivity contribution in [2.45, 2.75) is 55.2 Å². The van der Waals surface area contributed by atoms with Crippen molar-refractivity contribution in [3.63, 3.8) is 0 Å². The fourth-order valence-electron chi connectivity index (χ4n) is 4.44. The first-order valence-electron chi connectivity index (χ1n) is 10.1. The van der Waals surface area contributed by atoms with E-state index in [-0.39, 0.29) is 5.60 Å². The summed E-state index contributed by atoms with van der Waals surface area (Å²) in [6, 6.07) is 7.84. The molecule has 1 atom stereocenters. The van der Waals surface area contributed by atoms with E-state index < -0.39 is 10.0 Å². The minimum Gasteiger partial charge on any atom is -0.375 e. The van der Waals surface area contributed by atoms with Crippen LogP contribution in [0.4, 0.5) is 0 Å². The standard InChI is InChI=1S/C20H31N3O3S/c1-22-10-12-23(13-11-22)27(24,25)19-6-3-2-5-17(19)16-21-18-7-14-26-20(15-18)8-4-9-20/h2-3,5-6,18,21H,4,7-16H2,1H3. The second-order valence-electron chi connectivity index (χ2n) is 8.27. The molecule has 3 fully saturated rings. The molecule has 6 nitrogen and oxygen atoms in total. The Hall–Kier alpha value is -0.990. The Morgan fingerprint density at radius 3 is 2.63 bits per heavy atom. The molecule has 0 radical (unpaired) electrons. The second-order valence-corrected chi connectivity index (χ2v) is 10.2. The van der Waals surface area contributed by atoms with Gasteiger partial charge in [0, 0.05) is 45.4 Å². The molecule has 3 aliphatic rings. The summed E-state index contributed by atoms with van der Waals surface area (Å²) in [5.74, 6) is 0. The number of hydrogen-bond donors (Lipinski definition) is 1. The fourth-order valence-corrected chi connectivity index (χ4v) is 6.09. The van der Waals surface area contributed by atoms with E-state index >= 15 is 0 Å². The Morgan fingerprint density at radius 1 is 1.19 bits per heavy atom. The minimum atomic E-state index is -3.44. The zero-order valence-electron chi connectivity index (χ0n) is 16.2.